The normalized spacial score (nSPS) is 13.8. The topological polar surface area (TPSA) is 37.4 Å². The molecule has 6 heteroatoms. The highest BCUT2D eigenvalue weighted by molar-refractivity contribution is 6.41. The number of carbonyl (C=O) groups excluding carboxylic acids is 2. The molecule has 1 aliphatic rings. The monoisotopic (exact) mass is 381 g/mol. The molecule has 0 saturated carbocycles. The van der Waals surface area contributed by atoms with E-state index in [1.807, 2.05) is 12.1 Å². The summed E-state index contributed by atoms with van der Waals surface area (Å²) in [5.74, 6) is -0.339. The first-order valence-electron chi connectivity index (χ1n) is 7.44. The molecule has 24 heavy (non-hydrogen) atoms. The average molecular weight is 383 g/mol. The lowest BCUT2D eigenvalue weighted by Crippen LogP contribution is -2.37. The number of Topliss-reactive ketones (excluding diaryl/α,β-unsaturated/α-hetero) is 1. The van der Waals surface area contributed by atoms with E-state index in [4.69, 9.17) is 34.8 Å². The van der Waals surface area contributed by atoms with Crippen molar-refractivity contribution in [3.8, 4) is 0 Å². The van der Waals surface area contributed by atoms with Crippen molar-refractivity contribution in [1.29, 1.82) is 0 Å². The number of rotatable bonds is 3. The molecule has 0 fully saturated rings. The van der Waals surface area contributed by atoms with Crippen molar-refractivity contribution in [3.05, 3.63) is 67.7 Å². The van der Waals surface area contributed by atoms with Gasteiger partial charge in [0.15, 0.2) is 5.78 Å². The van der Waals surface area contributed by atoms with Crippen molar-refractivity contribution in [3.63, 3.8) is 0 Å². The van der Waals surface area contributed by atoms with Gasteiger partial charge in [-0.1, -0.05) is 46.9 Å². The van der Waals surface area contributed by atoms with E-state index in [9.17, 15) is 9.59 Å². The summed E-state index contributed by atoms with van der Waals surface area (Å²) in [6.45, 7) is 2.43. The van der Waals surface area contributed by atoms with Crippen LogP contribution in [0.15, 0.2) is 30.3 Å². The van der Waals surface area contributed by atoms with Gasteiger partial charge in [0, 0.05) is 23.7 Å². The van der Waals surface area contributed by atoms with E-state index in [1.165, 1.54) is 6.92 Å². The van der Waals surface area contributed by atoms with Crippen LogP contribution in [0.4, 0.5) is 0 Å². The molecule has 1 aliphatic heterocycles. The SMILES string of the molecule is CC(=O)c1c(Cl)cc2c(c1Cl)CCN(Cc1ccc(Cl)cc1)C2=O. The second kappa shape index (κ2) is 6.75. The Kier molecular flexibility index (Phi) is 4.86. The highest BCUT2D eigenvalue weighted by Gasteiger charge is 2.29. The standard InChI is InChI=1S/C18H14Cl3NO2/c1-10(23)16-15(20)8-14-13(17(16)21)6-7-22(18(14)24)9-11-2-4-12(19)5-3-11/h2-5,8H,6-7,9H2,1H3. The van der Waals surface area contributed by atoms with Crippen LogP contribution >= 0.6 is 34.8 Å². The number of amides is 1. The zero-order valence-electron chi connectivity index (χ0n) is 12.9. The van der Waals surface area contributed by atoms with Gasteiger partial charge >= 0.3 is 0 Å². The molecule has 2 aromatic carbocycles. The van der Waals surface area contributed by atoms with Crippen molar-refractivity contribution in [2.45, 2.75) is 19.9 Å². The summed E-state index contributed by atoms with van der Waals surface area (Å²) in [4.78, 5) is 26.2. The van der Waals surface area contributed by atoms with Crippen LogP contribution in [0.2, 0.25) is 15.1 Å². The molecule has 0 spiro atoms. The van der Waals surface area contributed by atoms with E-state index in [-0.39, 0.29) is 22.3 Å². The van der Waals surface area contributed by atoms with Gasteiger partial charge in [-0.05, 0) is 42.7 Å². The number of fused-ring (bicyclic) bond motifs is 1. The van der Waals surface area contributed by atoms with E-state index in [0.29, 0.717) is 40.7 Å². The molecule has 3 nitrogen and oxygen atoms in total. The summed E-state index contributed by atoms with van der Waals surface area (Å²) in [6.07, 6.45) is 0.588. The Morgan fingerprint density at radius 2 is 1.83 bits per heavy atom. The zero-order valence-corrected chi connectivity index (χ0v) is 15.2. The maximum atomic E-state index is 12.8. The molecule has 124 valence electrons. The maximum absolute atomic E-state index is 12.8. The van der Waals surface area contributed by atoms with E-state index in [2.05, 4.69) is 0 Å². The lowest BCUT2D eigenvalue weighted by molar-refractivity contribution is 0.0726. The molecule has 0 aliphatic carbocycles. The lowest BCUT2D eigenvalue weighted by Gasteiger charge is -2.30. The van der Waals surface area contributed by atoms with E-state index < -0.39 is 0 Å². The summed E-state index contributed by atoms with van der Waals surface area (Å²) in [5.41, 5.74) is 2.45. The van der Waals surface area contributed by atoms with Crippen LogP contribution in [-0.2, 0) is 13.0 Å². The fourth-order valence-corrected chi connectivity index (χ4v) is 3.84. The van der Waals surface area contributed by atoms with Gasteiger partial charge in [-0.3, -0.25) is 9.59 Å². The molecule has 0 saturated heterocycles. The van der Waals surface area contributed by atoms with Gasteiger partial charge in [0.25, 0.3) is 5.91 Å². The van der Waals surface area contributed by atoms with Gasteiger partial charge in [0.2, 0.25) is 0 Å². The van der Waals surface area contributed by atoms with Crippen LogP contribution in [0.25, 0.3) is 0 Å². The average Bonchev–Trinajstić information content (AvgIpc) is 2.52. The Morgan fingerprint density at radius 3 is 2.46 bits per heavy atom. The lowest BCUT2D eigenvalue weighted by atomic mass is 9.95. The number of carbonyl (C=O) groups is 2. The third-order valence-corrected chi connectivity index (χ3v) is 5.07. The fraction of sp³-hybridized carbons (Fsp3) is 0.222. The highest BCUT2D eigenvalue weighted by atomic mass is 35.5. The van der Waals surface area contributed by atoms with Crippen molar-refractivity contribution >= 4 is 46.5 Å². The highest BCUT2D eigenvalue weighted by Crippen LogP contribution is 2.35. The van der Waals surface area contributed by atoms with Crippen molar-refractivity contribution in [1.82, 2.24) is 4.90 Å². The van der Waals surface area contributed by atoms with Crippen LogP contribution < -0.4 is 0 Å². The van der Waals surface area contributed by atoms with Gasteiger partial charge in [-0.25, -0.2) is 0 Å². The predicted molar refractivity (Wildman–Crippen MR) is 96.4 cm³/mol. The van der Waals surface area contributed by atoms with Crippen molar-refractivity contribution in [2.75, 3.05) is 6.54 Å². The third kappa shape index (κ3) is 3.16. The second-order valence-electron chi connectivity index (χ2n) is 5.73. The first-order valence-corrected chi connectivity index (χ1v) is 8.57. The number of hydrogen-bond acceptors (Lipinski definition) is 2. The number of ketones is 1. The van der Waals surface area contributed by atoms with Gasteiger partial charge in [-0.15, -0.1) is 0 Å². The molecular weight excluding hydrogens is 369 g/mol. The summed E-state index contributed by atoms with van der Waals surface area (Å²) >= 11 is 18.4. The third-order valence-electron chi connectivity index (χ3n) is 4.11. The van der Waals surface area contributed by atoms with Crippen LogP contribution in [0.1, 0.15) is 38.8 Å². The quantitative estimate of drug-likeness (QED) is 0.697. The number of nitrogens with zero attached hydrogens (tertiary/aromatic N) is 1. The Labute approximate surface area is 155 Å². The molecule has 1 heterocycles. The Morgan fingerprint density at radius 1 is 1.17 bits per heavy atom. The fourth-order valence-electron chi connectivity index (χ4n) is 2.90. The van der Waals surface area contributed by atoms with E-state index in [1.54, 1.807) is 23.1 Å². The number of halogens is 3. The second-order valence-corrected chi connectivity index (χ2v) is 6.95. The first kappa shape index (κ1) is 17.3. The van der Waals surface area contributed by atoms with E-state index in [0.717, 1.165) is 5.56 Å². The number of hydrogen-bond donors (Lipinski definition) is 0. The molecule has 0 unspecified atom stereocenters. The largest absolute Gasteiger partial charge is 0.334 e. The van der Waals surface area contributed by atoms with Gasteiger partial charge in [-0.2, -0.15) is 0 Å². The Bertz CT molecular complexity index is 831. The van der Waals surface area contributed by atoms with Crippen LogP contribution in [0.3, 0.4) is 0 Å². The number of benzene rings is 2. The Hall–Kier alpha value is -1.55. The molecular formula is C18H14Cl3NO2. The molecule has 0 atom stereocenters. The molecule has 0 N–H and O–H groups in total. The van der Waals surface area contributed by atoms with Crippen LogP contribution in [0.5, 0.6) is 0 Å². The summed E-state index contributed by atoms with van der Waals surface area (Å²) in [6, 6.07) is 8.93. The van der Waals surface area contributed by atoms with Gasteiger partial charge in [0.05, 0.1) is 15.6 Å². The van der Waals surface area contributed by atoms with E-state index >= 15 is 0 Å². The molecule has 2 aromatic rings. The van der Waals surface area contributed by atoms with Crippen molar-refractivity contribution in [2.24, 2.45) is 0 Å². The molecule has 1 amide bonds. The first-order chi connectivity index (χ1) is 11.4. The minimum Gasteiger partial charge on any atom is -0.334 e. The van der Waals surface area contributed by atoms with Crippen LogP contribution in [-0.4, -0.2) is 23.1 Å². The molecule has 0 aromatic heterocycles. The smallest absolute Gasteiger partial charge is 0.254 e. The minimum absolute atomic E-state index is 0.134. The van der Waals surface area contributed by atoms with Gasteiger partial charge in [0.1, 0.15) is 0 Å². The molecule has 0 bridgehead atoms. The maximum Gasteiger partial charge on any atom is 0.254 e. The summed E-state index contributed by atoms with van der Waals surface area (Å²) in [5, 5.41) is 1.17. The van der Waals surface area contributed by atoms with Crippen LogP contribution in [0, 0.1) is 0 Å². The predicted octanol–water partition coefficient (Wildman–Crippen LogP) is 5.05. The van der Waals surface area contributed by atoms with Crippen molar-refractivity contribution < 1.29 is 9.59 Å². The van der Waals surface area contributed by atoms with Gasteiger partial charge < -0.3 is 4.90 Å². The minimum atomic E-state index is -0.205. The Balaban J connectivity index is 1.93. The molecule has 3 rings (SSSR count). The zero-order chi connectivity index (χ0) is 17.4. The summed E-state index contributed by atoms with van der Waals surface area (Å²) in [7, 11) is 0. The summed E-state index contributed by atoms with van der Waals surface area (Å²) < 4.78 is 0. The molecule has 0 radical (unpaired) electrons.